The van der Waals surface area contributed by atoms with Gasteiger partial charge >= 0.3 is 0 Å². The molecule has 0 saturated heterocycles. The van der Waals surface area contributed by atoms with Gasteiger partial charge in [0.05, 0.1) is 6.54 Å². The van der Waals surface area contributed by atoms with E-state index in [2.05, 4.69) is 81.2 Å². The van der Waals surface area contributed by atoms with E-state index in [0.29, 0.717) is 6.54 Å². The van der Waals surface area contributed by atoms with Crippen molar-refractivity contribution < 1.29 is 0 Å². The first-order chi connectivity index (χ1) is 14.2. The Hall–Kier alpha value is -1.67. The molecule has 0 radical (unpaired) electrons. The van der Waals surface area contributed by atoms with Crippen LogP contribution >= 0.6 is 0 Å². The van der Waals surface area contributed by atoms with Crippen LogP contribution in [0, 0.1) is 5.41 Å². The number of hydrogen-bond acceptors (Lipinski definition) is 2. The maximum Gasteiger partial charge on any atom is 0.0538 e. The first kappa shape index (κ1) is 27.4. The van der Waals surface area contributed by atoms with Crippen LogP contribution in [-0.2, 0) is 0 Å². The molecule has 2 nitrogen and oxygen atoms in total. The predicted octanol–water partition coefficient (Wildman–Crippen LogP) is 8.28. The zero-order valence-corrected chi connectivity index (χ0v) is 22.5. The highest BCUT2D eigenvalue weighted by Crippen LogP contribution is 2.45. The first-order valence-corrected chi connectivity index (χ1v) is 11.9. The predicted molar refractivity (Wildman–Crippen MR) is 141 cm³/mol. The minimum absolute atomic E-state index is 0.0986. The van der Waals surface area contributed by atoms with E-state index in [1.807, 2.05) is 13.1 Å². The molecule has 0 spiro atoms. The van der Waals surface area contributed by atoms with Crippen LogP contribution in [0.4, 0.5) is 0 Å². The van der Waals surface area contributed by atoms with Gasteiger partial charge in [-0.25, -0.2) is 0 Å². The fourth-order valence-corrected chi connectivity index (χ4v) is 4.79. The van der Waals surface area contributed by atoms with Gasteiger partial charge in [0.1, 0.15) is 0 Å². The van der Waals surface area contributed by atoms with E-state index < -0.39 is 0 Å². The number of allylic oxidation sites excluding steroid dienone is 10. The van der Waals surface area contributed by atoms with Crippen molar-refractivity contribution in [2.24, 2.45) is 16.1 Å². The van der Waals surface area contributed by atoms with Gasteiger partial charge in [-0.3, -0.25) is 4.99 Å². The molecule has 1 aliphatic rings. The third-order valence-electron chi connectivity index (χ3n) is 7.48. The summed E-state index contributed by atoms with van der Waals surface area (Å²) >= 11 is 0. The smallest absolute Gasteiger partial charge is 0.0538 e. The Bertz CT molecular complexity index is 864. The molecule has 0 aromatic carbocycles. The summed E-state index contributed by atoms with van der Waals surface area (Å²) in [5.74, 6) is 0. The third kappa shape index (κ3) is 6.91. The molecule has 0 heterocycles. The molecule has 31 heavy (non-hydrogen) atoms. The van der Waals surface area contributed by atoms with Crippen molar-refractivity contribution in [1.82, 2.24) is 0 Å². The van der Waals surface area contributed by atoms with Crippen molar-refractivity contribution in [1.29, 1.82) is 0 Å². The SMILES string of the molecule is CC1=C(/C(C)=C(C)/C(C)=C(C)/C(C)=C(C)/C(C)=C(C)/C=N/CC(C)N)C(C)(C)CCC1. The van der Waals surface area contributed by atoms with E-state index >= 15 is 0 Å². The fourth-order valence-electron chi connectivity index (χ4n) is 4.79. The van der Waals surface area contributed by atoms with Gasteiger partial charge in [-0.2, -0.15) is 0 Å². The van der Waals surface area contributed by atoms with E-state index in [9.17, 15) is 0 Å². The lowest BCUT2D eigenvalue weighted by Gasteiger charge is -2.36. The van der Waals surface area contributed by atoms with Gasteiger partial charge in [0.15, 0.2) is 0 Å². The third-order valence-corrected chi connectivity index (χ3v) is 7.48. The Kier molecular flexibility index (Phi) is 9.95. The molecular formula is C29H48N2. The van der Waals surface area contributed by atoms with Gasteiger partial charge in [-0.1, -0.05) is 19.4 Å². The Labute approximate surface area is 193 Å². The number of nitrogens with zero attached hydrogens (tertiary/aromatic N) is 1. The zero-order chi connectivity index (χ0) is 24.1. The average Bonchev–Trinajstić information content (AvgIpc) is 2.69. The van der Waals surface area contributed by atoms with Crippen LogP contribution in [0.2, 0.25) is 0 Å². The Morgan fingerprint density at radius 3 is 1.87 bits per heavy atom. The molecule has 2 N–H and O–H groups in total. The molecule has 0 saturated carbocycles. The van der Waals surface area contributed by atoms with E-state index in [4.69, 9.17) is 5.73 Å². The zero-order valence-electron chi connectivity index (χ0n) is 22.5. The molecule has 0 bridgehead atoms. The van der Waals surface area contributed by atoms with Crippen LogP contribution in [0.3, 0.4) is 0 Å². The van der Waals surface area contributed by atoms with Gasteiger partial charge in [0.2, 0.25) is 0 Å². The summed E-state index contributed by atoms with van der Waals surface area (Å²) < 4.78 is 0. The number of rotatable bonds is 7. The quantitative estimate of drug-likeness (QED) is 0.324. The van der Waals surface area contributed by atoms with Crippen LogP contribution in [0.1, 0.15) is 102 Å². The highest BCUT2D eigenvalue weighted by Gasteiger charge is 2.30. The number of nitrogens with two attached hydrogens (primary N) is 1. The fraction of sp³-hybridized carbons (Fsp3) is 0.621. The Morgan fingerprint density at radius 1 is 0.903 bits per heavy atom. The maximum atomic E-state index is 5.81. The summed E-state index contributed by atoms with van der Waals surface area (Å²) in [6.45, 7) is 27.8. The lowest BCUT2D eigenvalue weighted by molar-refractivity contribution is 0.372. The van der Waals surface area contributed by atoms with E-state index in [0.717, 1.165) is 0 Å². The molecule has 0 aliphatic heterocycles. The summed E-state index contributed by atoms with van der Waals surface area (Å²) in [6, 6.07) is 0.0986. The minimum atomic E-state index is 0.0986. The molecule has 0 fully saturated rings. The second-order valence-electron chi connectivity index (χ2n) is 10.4. The summed E-state index contributed by atoms with van der Waals surface area (Å²) in [7, 11) is 0. The molecule has 0 aromatic heterocycles. The van der Waals surface area contributed by atoms with E-state index in [1.165, 1.54) is 63.8 Å². The Balaban J connectivity index is 3.43. The molecule has 0 amide bonds. The standard InChI is InChI=1S/C29H48N2/c1-18-14-13-15-29(11,12)28(18)27(10)26(9)25(8)24(7)23(6)22(5)21(4)19(2)16-31-17-20(3)30/h16,20H,13-15,17,30H2,1-12H3/b21-19+,23-22+,25-24+,27-26+,31-16+. The van der Waals surface area contributed by atoms with Crippen molar-refractivity contribution in [2.75, 3.05) is 6.54 Å². The first-order valence-electron chi connectivity index (χ1n) is 11.9. The van der Waals surface area contributed by atoms with Gasteiger partial charge in [-0.15, -0.1) is 0 Å². The van der Waals surface area contributed by atoms with Crippen molar-refractivity contribution in [3.8, 4) is 0 Å². The van der Waals surface area contributed by atoms with Gasteiger partial charge in [-0.05, 0) is 144 Å². The molecule has 1 unspecified atom stereocenters. The molecular weight excluding hydrogens is 376 g/mol. The van der Waals surface area contributed by atoms with Gasteiger partial charge in [0.25, 0.3) is 0 Å². The monoisotopic (exact) mass is 424 g/mol. The highest BCUT2D eigenvalue weighted by atomic mass is 14.8. The molecule has 174 valence electrons. The molecule has 1 aliphatic carbocycles. The van der Waals surface area contributed by atoms with Crippen LogP contribution in [0.15, 0.2) is 60.7 Å². The molecule has 2 heteroatoms. The van der Waals surface area contributed by atoms with E-state index in [1.54, 1.807) is 11.1 Å². The van der Waals surface area contributed by atoms with E-state index in [-0.39, 0.29) is 11.5 Å². The lowest BCUT2D eigenvalue weighted by atomic mass is 9.69. The van der Waals surface area contributed by atoms with Crippen LogP contribution in [-0.4, -0.2) is 18.8 Å². The summed E-state index contributed by atoms with van der Waals surface area (Å²) in [5, 5.41) is 0. The molecule has 1 rings (SSSR count). The van der Waals surface area contributed by atoms with Gasteiger partial charge in [0, 0.05) is 12.3 Å². The lowest BCUT2D eigenvalue weighted by Crippen LogP contribution is -2.21. The van der Waals surface area contributed by atoms with Gasteiger partial charge < -0.3 is 5.73 Å². The molecule has 0 aromatic rings. The second kappa shape index (κ2) is 11.3. The average molecular weight is 425 g/mol. The molecule has 1 atom stereocenters. The maximum absolute atomic E-state index is 5.81. The van der Waals surface area contributed by atoms with Crippen LogP contribution in [0.5, 0.6) is 0 Å². The second-order valence-corrected chi connectivity index (χ2v) is 10.4. The minimum Gasteiger partial charge on any atom is -0.326 e. The topological polar surface area (TPSA) is 38.4 Å². The van der Waals surface area contributed by atoms with Crippen molar-refractivity contribution in [3.63, 3.8) is 0 Å². The number of hydrogen-bond donors (Lipinski definition) is 1. The highest BCUT2D eigenvalue weighted by molar-refractivity contribution is 5.80. The normalized spacial score (nSPS) is 21.5. The van der Waals surface area contributed by atoms with Crippen LogP contribution in [0.25, 0.3) is 0 Å². The van der Waals surface area contributed by atoms with Crippen molar-refractivity contribution in [2.45, 2.75) is 108 Å². The van der Waals surface area contributed by atoms with Crippen molar-refractivity contribution >= 4 is 6.21 Å². The summed E-state index contributed by atoms with van der Waals surface area (Å²) in [6.07, 6.45) is 5.79. The van der Waals surface area contributed by atoms with Crippen LogP contribution < -0.4 is 5.73 Å². The number of aliphatic imine (C=N–C) groups is 1. The van der Waals surface area contributed by atoms with Crippen molar-refractivity contribution in [3.05, 3.63) is 55.7 Å². The Morgan fingerprint density at radius 2 is 1.39 bits per heavy atom. The summed E-state index contributed by atoms with van der Waals surface area (Å²) in [4.78, 5) is 4.48. The summed E-state index contributed by atoms with van der Waals surface area (Å²) in [5.41, 5.74) is 20.1. The largest absolute Gasteiger partial charge is 0.326 e.